The molecule has 1 atom stereocenters. The molecule has 1 aromatic rings. The number of methoxy groups -OCH3 is 1. The van der Waals surface area contributed by atoms with Gasteiger partial charge in [0.05, 0.1) is 12.6 Å². The number of rotatable bonds is 8. The van der Waals surface area contributed by atoms with Gasteiger partial charge in [-0.3, -0.25) is 4.79 Å². The zero-order chi connectivity index (χ0) is 13.2. The van der Waals surface area contributed by atoms with Gasteiger partial charge >= 0.3 is 0 Å². The van der Waals surface area contributed by atoms with Gasteiger partial charge in [-0.1, -0.05) is 30.3 Å². The number of ether oxygens (including phenoxy) is 1. The Balaban J connectivity index is 2.20. The molecule has 0 aliphatic carbocycles. The van der Waals surface area contributed by atoms with Gasteiger partial charge in [0, 0.05) is 13.7 Å². The largest absolute Gasteiger partial charge is 0.385 e. The van der Waals surface area contributed by atoms with Gasteiger partial charge in [-0.2, -0.15) is 0 Å². The van der Waals surface area contributed by atoms with E-state index in [-0.39, 0.29) is 11.9 Å². The number of amides is 1. The molecule has 1 aromatic carbocycles. The molecule has 2 N–H and O–H groups in total. The third-order valence-electron chi connectivity index (χ3n) is 2.66. The summed E-state index contributed by atoms with van der Waals surface area (Å²) in [4.78, 5) is 11.7. The highest BCUT2D eigenvalue weighted by Crippen LogP contribution is 2.10. The summed E-state index contributed by atoms with van der Waals surface area (Å²) in [5, 5.41) is 6.04. The highest BCUT2D eigenvalue weighted by atomic mass is 16.5. The van der Waals surface area contributed by atoms with Crippen LogP contribution in [0, 0.1) is 0 Å². The molecule has 4 nitrogen and oxygen atoms in total. The Kier molecular flexibility index (Phi) is 7.06. The van der Waals surface area contributed by atoms with Crippen molar-refractivity contribution in [1.29, 1.82) is 0 Å². The maximum atomic E-state index is 11.7. The summed E-state index contributed by atoms with van der Waals surface area (Å²) in [6, 6.07) is 9.98. The number of carbonyl (C=O) groups excluding carboxylic acids is 1. The van der Waals surface area contributed by atoms with Crippen molar-refractivity contribution in [1.82, 2.24) is 10.6 Å². The number of carbonyl (C=O) groups is 1. The van der Waals surface area contributed by atoms with E-state index < -0.39 is 0 Å². The van der Waals surface area contributed by atoms with Crippen molar-refractivity contribution >= 4 is 5.91 Å². The standard InChI is InChI=1S/C14H22N2O2/c1-12(13-7-4-3-5-8-13)16-14(17)11-15-9-6-10-18-2/h3-5,7-8,12,15H,6,9-11H2,1-2H3,(H,16,17). The lowest BCUT2D eigenvalue weighted by molar-refractivity contribution is -0.120. The van der Waals surface area contributed by atoms with Crippen LogP contribution in [0.4, 0.5) is 0 Å². The molecule has 0 saturated carbocycles. The van der Waals surface area contributed by atoms with Crippen molar-refractivity contribution in [3.8, 4) is 0 Å². The van der Waals surface area contributed by atoms with Crippen LogP contribution in [0.3, 0.4) is 0 Å². The first kappa shape index (κ1) is 14.7. The zero-order valence-electron chi connectivity index (χ0n) is 11.1. The molecule has 0 radical (unpaired) electrons. The Hall–Kier alpha value is -1.39. The van der Waals surface area contributed by atoms with E-state index in [2.05, 4.69) is 10.6 Å². The lowest BCUT2D eigenvalue weighted by atomic mass is 10.1. The fourth-order valence-electron chi connectivity index (χ4n) is 1.66. The van der Waals surface area contributed by atoms with Gasteiger partial charge < -0.3 is 15.4 Å². The van der Waals surface area contributed by atoms with Gasteiger partial charge in [0.2, 0.25) is 5.91 Å². The molecule has 0 spiro atoms. The SMILES string of the molecule is COCCCNCC(=O)NC(C)c1ccccc1. The van der Waals surface area contributed by atoms with Crippen molar-refractivity contribution in [2.45, 2.75) is 19.4 Å². The van der Waals surface area contributed by atoms with E-state index in [4.69, 9.17) is 4.74 Å². The van der Waals surface area contributed by atoms with Crippen LogP contribution in [0.25, 0.3) is 0 Å². The third-order valence-corrected chi connectivity index (χ3v) is 2.66. The molecule has 0 aliphatic heterocycles. The highest BCUT2D eigenvalue weighted by Gasteiger charge is 2.08. The predicted octanol–water partition coefficient (Wildman–Crippen LogP) is 1.49. The highest BCUT2D eigenvalue weighted by molar-refractivity contribution is 5.78. The van der Waals surface area contributed by atoms with Crippen LogP contribution in [-0.4, -0.2) is 32.7 Å². The second kappa shape index (κ2) is 8.66. The van der Waals surface area contributed by atoms with Gasteiger partial charge in [-0.25, -0.2) is 0 Å². The van der Waals surface area contributed by atoms with Gasteiger partial charge in [-0.15, -0.1) is 0 Å². The molecule has 0 aromatic heterocycles. The van der Waals surface area contributed by atoms with Crippen molar-refractivity contribution < 1.29 is 9.53 Å². The average molecular weight is 250 g/mol. The molecule has 4 heteroatoms. The first-order valence-corrected chi connectivity index (χ1v) is 6.28. The molecule has 1 rings (SSSR count). The van der Waals surface area contributed by atoms with Crippen molar-refractivity contribution in [3.63, 3.8) is 0 Å². The van der Waals surface area contributed by atoms with E-state index in [0.717, 1.165) is 25.1 Å². The third kappa shape index (κ3) is 5.80. The molecule has 1 amide bonds. The molecule has 100 valence electrons. The topological polar surface area (TPSA) is 50.4 Å². The summed E-state index contributed by atoms with van der Waals surface area (Å²) in [6.07, 6.45) is 0.915. The normalized spacial score (nSPS) is 12.1. The minimum Gasteiger partial charge on any atom is -0.385 e. The Morgan fingerprint density at radius 2 is 2.06 bits per heavy atom. The van der Waals surface area contributed by atoms with Crippen LogP contribution in [-0.2, 0) is 9.53 Å². The minimum atomic E-state index is 0.0174. The molecule has 0 saturated heterocycles. The molecule has 1 unspecified atom stereocenters. The molecule has 18 heavy (non-hydrogen) atoms. The van der Waals surface area contributed by atoms with Gasteiger partial charge in [-0.05, 0) is 25.5 Å². The molecular formula is C14H22N2O2. The maximum Gasteiger partial charge on any atom is 0.234 e. The molecule has 0 fully saturated rings. The summed E-state index contributed by atoms with van der Waals surface area (Å²) in [5.74, 6) is 0.0174. The zero-order valence-corrected chi connectivity index (χ0v) is 11.1. The van der Waals surface area contributed by atoms with Crippen molar-refractivity contribution in [2.24, 2.45) is 0 Å². The maximum absolute atomic E-state index is 11.7. The summed E-state index contributed by atoms with van der Waals surface area (Å²) >= 11 is 0. The Morgan fingerprint density at radius 3 is 2.72 bits per heavy atom. The van der Waals surface area contributed by atoms with E-state index in [0.29, 0.717) is 6.54 Å². The molecule has 0 bridgehead atoms. The van der Waals surface area contributed by atoms with Gasteiger partial charge in [0.15, 0.2) is 0 Å². The monoisotopic (exact) mass is 250 g/mol. The second-order valence-corrected chi connectivity index (χ2v) is 4.22. The lowest BCUT2D eigenvalue weighted by Crippen LogP contribution is -2.35. The molecule has 0 aliphatic rings. The minimum absolute atomic E-state index is 0.0174. The van der Waals surface area contributed by atoms with E-state index in [9.17, 15) is 4.79 Å². The van der Waals surface area contributed by atoms with Crippen LogP contribution < -0.4 is 10.6 Å². The Bertz CT molecular complexity index is 341. The van der Waals surface area contributed by atoms with Crippen molar-refractivity contribution in [3.05, 3.63) is 35.9 Å². The van der Waals surface area contributed by atoms with Crippen LogP contribution in [0.5, 0.6) is 0 Å². The summed E-state index contributed by atoms with van der Waals surface area (Å²) in [6.45, 7) is 3.84. The molecular weight excluding hydrogens is 228 g/mol. The Labute approximate surface area is 109 Å². The van der Waals surface area contributed by atoms with E-state index in [1.807, 2.05) is 37.3 Å². The van der Waals surface area contributed by atoms with Crippen LogP contribution in [0.2, 0.25) is 0 Å². The fraction of sp³-hybridized carbons (Fsp3) is 0.500. The van der Waals surface area contributed by atoms with Gasteiger partial charge in [0.1, 0.15) is 0 Å². The number of nitrogens with one attached hydrogen (secondary N) is 2. The predicted molar refractivity (Wildman–Crippen MR) is 72.4 cm³/mol. The summed E-state index contributed by atoms with van der Waals surface area (Å²) in [5.41, 5.74) is 1.12. The van der Waals surface area contributed by atoms with E-state index in [1.54, 1.807) is 7.11 Å². The average Bonchev–Trinajstić information content (AvgIpc) is 2.39. The van der Waals surface area contributed by atoms with Crippen LogP contribution >= 0.6 is 0 Å². The van der Waals surface area contributed by atoms with E-state index in [1.165, 1.54) is 0 Å². The Morgan fingerprint density at radius 1 is 1.33 bits per heavy atom. The molecule has 0 heterocycles. The first-order chi connectivity index (χ1) is 8.74. The fourth-order valence-corrected chi connectivity index (χ4v) is 1.66. The van der Waals surface area contributed by atoms with Crippen molar-refractivity contribution in [2.75, 3.05) is 26.8 Å². The van der Waals surface area contributed by atoms with Crippen LogP contribution in [0.15, 0.2) is 30.3 Å². The van der Waals surface area contributed by atoms with Crippen LogP contribution in [0.1, 0.15) is 24.9 Å². The number of hydrogen-bond donors (Lipinski definition) is 2. The second-order valence-electron chi connectivity index (χ2n) is 4.22. The smallest absolute Gasteiger partial charge is 0.234 e. The number of hydrogen-bond acceptors (Lipinski definition) is 3. The van der Waals surface area contributed by atoms with E-state index >= 15 is 0 Å². The lowest BCUT2D eigenvalue weighted by Gasteiger charge is -2.14. The number of benzene rings is 1. The first-order valence-electron chi connectivity index (χ1n) is 6.28. The van der Waals surface area contributed by atoms with Gasteiger partial charge in [0.25, 0.3) is 0 Å². The summed E-state index contributed by atoms with van der Waals surface area (Å²) < 4.78 is 4.93. The summed E-state index contributed by atoms with van der Waals surface area (Å²) in [7, 11) is 1.67. The quantitative estimate of drug-likeness (QED) is 0.687.